The summed E-state index contributed by atoms with van der Waals surface area (Å²) in [6, 6.07) is 8.90. The molecule has 0 saturated carbocycles. The van der Waals surface area contributed by atoms with Gasteiger partial charge in [-0.05, 0) is 39.7 Å². The Bertz CT molecular complexity index is 680. The first-order chi connectivity index (χ1) is 12.6. The molecule has 2 rings (SSSR count). The van der Waals surface area contributed by atoms with Crippen LogP contribution in [0.2, 0.25) is 0 Å². The van der Waals surface area contributed by atoms with Crippen LogP contribution in [0.5, 0.6) is 0 Å². The Balaban J connectivity index is 2.14. The molecule has 1 saturated heterocycles. The minimum atomic E-state index is -0.661. The van der Waals surface area contributed by atoms with Gasteiger partial charge in [0.15, 0.2) is 0 Å². The number of benzene rings is 1. The minimum absolute atomic E-state index is 0.0452. The number of esters is 1. The summed E-state index contributed by atoms with van der Waals surface area (Å²) >= 11 is 0. The summed E-state index contributed by atoms with van der Waals surface area (Å²) in [6.45, 7) is 9.08. The van der Waals surface area contributed by atoms with E-state index in [9.17, 15) is 14.4 Å². The number of rotatable bonds is 6. The second-order valence-corrected chi connectivity index (χ2v) is 7.94. The predicted molar refractivity (Wildman–Crippen MR) is 101 cm³/mol. The quantitative estimate of drug-likeness (QED) is 0.695. The Morgan fingerprint density at radius 2 is 1.85 bits per heavy atom. The molecule has 27 heavy (non-hydrogen) atoms. The van der Waals surface area contributed by atoms with Gasteiger partial charge in [-0.3, -0.25) is 9.59 Å². The summed E-state index contributed by atoms with van der Waals surface area (Å²) in [6.07, 6.45) is 0.0117. The number of imide groups is 1. The van der Waals surface area contributed by atoms with Crippen LogP contribution in [0.3, 0.4) is 0 Å². The number of hydrogen-bond acceptors (Lipinski definition) is 5. The Kier molecular flexibility index (Phi) is 6.63. The molecule has 1 heterocycles. The fraction of sp³-hybridized carbons (Fsp3) is 0.571. The first-order valence-electron chi connectivity index (χ1n) is 9.44. The van der Waals surface area contributed by atoms with E-state index in [1.807, 2.05) is 37.3 Å². The van der Waals surface area contributed by atoms with E-state index in [2.05, 4.69) is 0 Å². The van der Waals surface area contributed by atoms with E-state index in [0.29, 0.717) is 6.42 Å². The Morgan fingerprint density at radius 3 is 2.41 bits per heavy atom. The summed E-state index contributed by atoms with van der Waals surface area (Å²) in [5, 5.41) is 0. The number of ether oxygens (including phenoxy) is 2. The molecular weight excluding hydrogens is 346 g/mol. The van der Waals surface area contributed by atoms with E-state index in [4.69, 9.17) is 9.47 Å². The molecule has 0 unspecified atom stereocenters. The van der Waals surface area contributed by atoms with E-state index in [0.717, 1.165) is 16.9 Å². The highest BCUT2D eigenvalue weighted by atomic mass is 16.6. The third kappa shape index (κ3) is 5.31. The van der Waals surface area contributed by atoms with Crippen LogP contribution in [0.25, 0.3) is 0 Å². The van der Waals surface area contributed by atoms with Crippen LogP contribution < -0.4 is 0 Å². The number of nitrogens with zero attached hydrogens (tertiary/aromatic N) is 1. The topological polar surface area (TPSA) is 72.9 Å². The van der Waals surface area contributed by atoms with Crippen molar-refractivity contribution in [2.45, 2.75) is 71.6 Å². The van der Waals surface area contributed by atoms with Gasteiger partial charge in [0.1, 0.15) is 11.7 Å². The van der Waals surface area contributed by atoms with Gasteiger partial charge in [0.05, 0.1) is 12.5 Å². The van der Waals surface area contributed by atoms with E-state index in [1.165, 1.54) is 0 Å². The maximum absolute atomic E-state index is 13.1. The Hall–Kier alpha value is -2.37. The van der Waals surface area contributed by atoms with Crippen LogP contribution in [0, 0.1) is 5.92 Å². The van der Waals surface area contributed by atoms with Crippen molar-refractivity contribution in [3.63, 3.8) is 0 Å². The highest BCUT2D eigenvalue weighted by Gasteiger charge is 2.45. The minimum Gasteiger partial charge on any atom is -0.460 e. The van der Waals surface area contributed by atoms with E-state index < -0.39 is 35.7 Å². The maximum atomic E-state index is 13.1. The largest absolute Gasteiger partial charge is 0.460 e. The molecule has 0 aliphatic carbocycles. The molecule has 0 N–H and O–H groups in total. The average Bonchev–Trinajstić information content (AvgIpc) is 2.87. The van der Waals surface area contributed by atoms with Gasteiger partial charge in [0, 0.05) is 5.92 Å². The van der Waals surface area contributed by atoms with Crippen molar-refractivity contribution in [1.82, 2.24) is 4.90 Å². The lowest BCUT2D eigenvalue weighted by Crippen LogP contribution is -2.42. The van der Waals surface area contributed by atoms with Crippen molar-refractivity contribution in [3.8, 4) is 0 Å². The summed E-state index contributed by atoms with van der Waals surface area (Å²) in [7, 11) is 0. The predicted octanol–water partition coefficient (Wildman–Crippen LogP) is 4.24. The lowest BCUT2D eigenvalue weighted by molar-refractivity contribution is -0.158. The summed E-state index contributed by atoms with van der Waals surface area (Å²) in [5.41, 5.74) is 0.225. The second kappa shape index (κ2) is 8.55. The monoisotopic (exact) mass is 375 g/mol. The van der Waals surface area contributed by atoms with Crippen molar-refractivity contribution in [2.75, 3.05) is 0 Å². The van der Waals surface area contributed by atoms with E-state index in [1.54, 1.807) is 27.7 Å². The van der Waals surface area contributed by atoms with Crippen molar-refractivity contribution in [3.05, 3.63) is 35.9 Å². The molecule has 6 nitrogen and oxygen atoms in total. The average molecular weight is 375 g/mol. The lowest BCUT2D eigenvalue weighted by atomic mass is 9.96. The number of cyclic esters (lactones) is 1. The number of amides is 2. The third-order valence-electron chi connectivity index (χ3n) is 4.45. The molecule has 148 valence electrons. The molecule has 1 aromatic carbocycles. The van der Waals surface area contributed by atoms with Gasteiger partial charge in [-0.2, -0.15) is 0 Å². The van der Waals surface area contributed by atoms with Crippen molar-refractivity contribution in [2.24, 2.45) is 5.92 Å². The van der Waals surface area contributed by atoms with Gasteiger partial charge in [-0.1, -0.05) is 43.7 Å². The fourth-order valence-corrected chi connectivity index (χ4v) is 3.29. The molecule has 2 amide bonds. The fourth-order valence-electron chi connectivity index (χ4n) is 3.29. The van der Waals surface area contributed by atoms with Crippen molar-refractivity contribution in [1.29, 1.82) is 0 Å². The SMILES string of the molecule is CCC[C@@H](CC(=O)OC(C)(C)C)C(=O)N1C(=O)O[C@@H](c2ccccc2)[C@H]1C. The molecule has 0 spiro atoms. The molecule has 0 aromatic heterocycles. The van der Waals surface area contributed by atoms with Crippen LogP contribution >= 0.6 is 0 Å². The van der Waals surface area contributed by atoms with Gasteiger partial charge < -0.3 is 9.47 Å². The second-order valence-electron chi connectivity index (χ2n) is 7.94. The van der Waals surface area contributed by atoms with Gasteiger partial charge in [0.25, 0.3) is 0 Å². The highest BCUT2D eigenvalue weighted by Crippen LogP contribution is 2.34. The molecule has 1 aliphatic heterocycles. The molecule has 1 fully saturated rings. The van der Waals surface area contributed by atoms with Crippen LogP contribution in [0.1, 0.15) is 65.5 Å². The normalized spacial score (nSPS) is 20.9. The Morgan fingerprint density at radius 1 is 1.22 bits per heavy atom. The van der Waals surface area contributed by atoms with Crippen LogP contribution in [-0.2, 0) is 19.1 Å². The lowest BCUT2D eigenvalue weighted by Gasteiger charge is -2.25. The Labute approximate surface area is 160 Å². The van der Waals surface area contributed by atoms with Gasteiger partial charge in [-0.25, -0.2) is 9.69 Å². The van der Waals surface area contributed by atoms with Gasteiger partial charge in [0.2, 0.25) is 5.91 Å². The summed E-state index contributed by atoms with van der Waals surface area (Å²) < 4.78 is 10.8. The zero-order chi connectivity index (χ0) is 20.2. The van der Waals surface area contributed by atoms with Gasteiger partial charge >= 0.3 is 12.1 Å². The van der Waals surface area contributed by atoms with E-state index >= 15 is 0 Å². The first kappa shape index (κ1) is 20.9. The first-order valence-corrected chi connectivity index (χ1v) is 9.44. The molecule has 0 bridgehead atoms. The van der Waals surface area contributed by atoms with Crippen LogP contribution in [0.4, 0.5) is 4.79 Å². The zero-order valence-electron chi connectivity index (χ0n) is 16.7. The van der Waals surface area contributed by atoms with Crippen molar-refractivity contribution >= 4 is 18.0 Å². The molecular formula is C21H29NO5. The molecule has 1 aliphatic rings. The third-order valence-corrected chi connectivity index (χ3v) is 4.45. The molecule has 1 aromatic rings. The summed E-state index contributed by atoms with van der Waals surface area (Å²) in [4.78, 5) is 38.8. The molecule has 6 heteroatoms. The molecule has 0 radical (unpaired) electrons. The number of carbonyl (C=O) groups excluding carboxylic acids is 3. The number of carbonyl (C=O) groups is 3. The maximum Gasteiger partial charge on any atom is 0.417 e. The van der Waals surface area contributed by atoms with Crippen LogP contribution in [-0.4, -0.2) is 34.5 Å². The van der Waals surface area contributed by atoms with Crippen molar-refractivity contribution < 1.29 is 23.9 Å². The standard InChI is InChI=1S/C21H29NO5/c1-6-10-16(13-17(23)27-21(3,4)5)19(24)22-14(2)18(26-20(22)25)15-11-8-7-9-12-15/h7-9,11-12,14,16,18H,6,10,13H2,1-5H3/t14-,16+,18-/m1/s1. The van der Waals surface area contributed by atoms with Gasteiger partial charge in [-0.15, -0.1) is 0 Å². The number of hydrogen-bond donors (Lipinski definition) is 0. The summed E-state index contributed by atoms with van der Waals surface area (Å²) in [5.74, 6) is -1.41. The van der Waals surface area contributed by atoms with Crippen LogP contribution in [0.15, 0.2) is 30.3 Å². The zero-order valence-corrected chi connectivity index (χ0v) is 16.7. The smallest absolute Gasteiger partial charge is 0.417 e. The highest BCUT2D eigenvalue weighted by molar-refractivity contribution is 5.96. The molecule has 3 atom stereocenters. The van der Waals surface area contributed by atoms with E-state index in [-0.39, 0.29) is 12.3 Å².